The second-order valence-electron chi connectivity index (χ2n) is 5.89. The van der Waals surface area contributed by atoms with Crippen molar-refractivity contribution in [3.05, 3.63) is 48.0 Å². The predicted molar refractivity (Wildman–Crippen MR) is 99.3 cm³/mol. The van der Waals surface area contributed by atoms with Crippen molar-refractivity contribution >= 4 is 22.8 Å². The Bertz CT molecular complexity index is 689. The van der Waals surface area contributed by atoms with E-state index in [-0.39, 0.29) is 5.97 Å². The normalized spacial score (nSPS) is 11.1. The summed E-state index contributed by atoms with van der Waals surface area (Å²) in [5.74, 6) is 0.564. The fraction of sp³-hybridized carbons (Fsp3) is 0.381. The van der Waals surface area contributed by atoms with E-state index in [0.717, 1.165) is 35.1 Å². The first-order valence-corrected chi connectivity index (χ1v) is 8.65. The van der Waals surface area contributed by atoms with Gasteiger partial charge in [-0.3, -0.25) is 0 Å². The van der Waals surface area contributed by atoms with Gasteiger partial charge in [0.1, 0.15) is 5.75 Å². The average Bonchev–Trinajstić information content (AvgIpc) is 2.62. The van der Waals surface area contributed by atoms with Crippen molar-refractivity contribution in [3.63, 3.8) is 0 Å². The van der Waals surface area contributed by atoms with Gasteiger partial charge in [0, 0.05) is 6.08 Å². The third-order valence-corrected chi connectivity index (χ3v) is 3.97. The second kappa shape index (κ2) is 9.76. The largest absolute Gasteiger partial charge is 0.494 e. The zero-order valence-electron chi connectivity index (χ0n) is 14.6. The van der Waals surface area contributed by atoms with Gasteiger partial charge in [0.2, 0.25) is 0 Å². The minimum Gasteiger partial charge on any atom is -0.494 e. The number of esters is 1. The summed E-state index contributed by atoms with van der Waals surface area (Å²) in [5, 5.41) is 2.26. The number of unbranched alkanes of at least 4 members (excludes halogenated alkanes) is 4. The van der Waals surface area contributed by atoms with E-state index < -0.39 is 0 Å². The maximum absolute atomic E-state index is 11.2. The van der Waals surface area contributed by atoms with E-state index in [4.69, 9.17) is 4.74 Å². The molecule has 0 aliphatic heterocycles. The van der Waals surface area contributed by atoms with Crippen molar-refractivity contribution in [2.75, 3.05) is 13.7 Å². The van der Waals surface area contributed by atoms with Crippen LogP contribution in [0.25, 0.3) is 16.8 Å². The zero-order chi connectivity index (χ0) is 17.2. The molecule has 128 valence electrons. The lowest BCUT2D eigenvalue weighted by Crippen LogP contribution is -1.97. The van der Waals surface area contributed by atoms with E-state index >= 15 is 0 Å². The number of fused-ring (bicyclic) bond motifs is 1. The summed E-state index contributed by atoms with van der Waals surface area (Å²) in [4.78, 5) is 11.2. The van der Waals surface area contributed by atoms with Gasteiger partial charge >= 0.3 is 5.97 Å². The molecule has 0 spiro atoms. The Labute approximate surface area is 144 Å². The van der Waals surface area contributed by atoms with Gasteiger partial charge in [0.25, 0.3) is 0 Å². The highest BCUT2D eigenvalue weighted by Gasteiger charge is 2.00. The second-order valence-corrected chi connectivity index (χ2v) is 5.89. The zero-order valence-corrected chi connectivity index (χ0v) is 14.6. The number of methoxy groups -OCH3 is 1. The fourth-order valence-electron chi connectivity index (χ4n) is 2.56. The molecular weight excluding hydrogens is 300 g/mol. The summed E-state index contributed by atoms with van der Waals surface area (Å²) in [6.07, 6.45) is 9.39. The molecule has 0 radical (unpaired) electrons. The van der Waals surface area contributed by atoms with E-state index in [1.807, 2.05) is 24.3 Å². The van der Waals surface area contributed by atoms with Crippen molar-refractivity contribution in [2.45, 2.75) is 39.0 Å². The average molecular weight is 326 g/mol. The van der Waals surface area contributed by atoms with Gasteiger partial charge in [0.05, 0.1) is 13.7 Å². The van der Waals surface area contributed by atoms with Crippen LogP contribution in [0.15, 0.2) is 42.5 Å². The molecule has 3 nitrogen and oxygen atoms in total. The maximum Gasteiger partial charge on any atom is 0.330 e. The molecule has 0 aliphatic carbocycles. The molecule has 0 atom stereocenters. The molecule has 0 heterocycles. The monoisotopic (exact) mass is 326 g/mol. The first kappa shape index (κ1) is 18.1. The highest BCUT2D eigenvalue weighted by molar-refractivity contribution is 5.90. The van der Waals surface area contributed by atoms with Gasteiger partial charge in [0.15, 0.2) is 0 Å². The Morgan fingerprint density at radius 2 is 1.75 bits per heavy atom. The summed E-state index contributed by atoms with van der Waals surface area (Å²) in [6.45, 7) is 3.00. The van der Waals surface area contributed by atoms with E-state index in [0.29, 0.717) is 0 Å². The maximum atomic E-state index is 11.2. The summed E-state index contributed by atoms with van der Waals surface area (Å²) in [5.41, 5.74) is 0.970. The van der Waals surface area contributed by atoms with Gasteiger partial charge in [-0.1, -0.05) is 50.8 Å². The third kappa shape index (κ3) is 5.73. The highest BCUT2D eigenvalue weighted by Crippen LogP contribution is 2.23. The van der Waals surface area contributed by atoms with Gasteiger partial charge in [-0.05, 0) is 47.0 Å². The molecule has 0 bridgehead atoms. The Balaban J connectivity index is 1.94. The molecular formula is C21H26O3. The molecule has 0 aromatic heterocycles. The van der Waals surface area contributed by atoms with Crippen LogP contribution in [0.2, 0.25) is 0 Å². The third-order valence-electron chi connectivity index (χ3n) is 3.97. The fourth-order valence-corrected chi connectivity index (χ4v) is 2.56. The number of carbonyl (C=O) groups excluding carboxylic acids is 1. The predicted octanol–water partition coefficient (Wildman–Crippen LogP) is 5.38. The van der Waals surface area contributed by atoms with Crippen LogP contribution in [-0.2, 0) is 9.53 Å². The van der Waals surface area contributed by atoms with E-state index in [9.17, 15) is 4.79 Å². The summed E-state index contributed by atoms with van der Waals surface area (Å²) >= 11 is 0. The van der Waals surface area contributed by atoms with Crippen LogP contribution in [0.1, 0.15) is 44.6 Å². The Hall–Kier alpha value is -2.29. The van der Waals surface area contributed by atoms with Crippen LogP contribution < -0.4 is 4.74 Å². The lowest BCUT2D eigenvalue weighted by molar-refractivity contribution is -0.134. The number of rotatable bonds is 9. The summed E-state index contributed by atoms with van der Waals surface area (Å²) in [7, 11) is 1.37. The van der Waals surface area contributed by atoms with Gasteiger partial charge in [-0.2, -0.15) is 0 Å². The lowest BCUT2D eigenvalue weighted by Gasteiger charge is -2.08. The molecule has 0 unspecified atom stereocenters. The quantitative estimate of drug-likeness (QED) is 0.353. The minimum absolute atomic E-state index is 0.349. The Kier molecular flexibility index (Phi) is 7.34. The minimum atomic E-state index is -0.349. The van der Waals surface area contributed by atoms with Crippen molar-refractivity contribution in [2.24, 2.45) is 0 Å². The van der Waals surface area contributed by atoms with Crippen LogP contribution in [-0.4, -0.2) is 19.7 Å². The van der Waals surface area contributed by atoms with Gasteiger partial charge in [-0.15, -0.1) is 0 Å². The highest BCUT2D eigenvalue weighted by atomic mass is 16.5. The van der Waals surface area contributed by atoms with Crippen molar-refractivity contribution in [1.29, 1.82) is 0 Å². The van der Waals surface area contributed by atoms with Crippen LogP contribution in [0, 0.1) is 0 Å². The van der Waals surface area contributed by atoms with Crippen molar-refractivity contribution in [3.8, 4) is 5.75 Å². The summed E-state index contributed by atoms with van der Waals surface area (Å²) in [6, 6.07) is 12.2. The van der Waals surface area contributed by atoms with Crippen molar-refractivity contribution in [1.82, 2.24) is 0 Å². The van der Waals surface area contributed by atoms with E-state index in [2.05, 4.69) is 23.8 Å². The number of benzene rings is 2. The van der Waals surface area contributed by atoms with Crippen LogP contribution in [0.5, 0.6) is 5.75 Å². The van der Waals surface area contributed by atoms with Gasteiger partial charge < -0.3 is 9.47 Å². The molecule has 2 aromatic carbocycles. The van der Waals surface area contributed by atoms with Crippen molar-refractivity contribution < 1.29 is 14.3 Å². The number of ether oxygens (including phenoxy) is 2. The number of hydrogen-bond acceptors (Lipinski definition) is 3. The smallest absolute Gasteiger partial charge is 0.330 e. The van der Waals surface area contributed by atoms with E-state index in [1.165, 1.54) is 38.9 Å². The standard InChI is InChI=1S/C21H26O3/c1-3-4-5-6-7-14-24-20-12-11-18-15-17(8-10-19(18)16-20)9-13-21(22)23-2/h8-13,15-16H,3-7,14H2,1-2H3. The van der Waals surface area contributed by atoms with E-state index in [1.54, 1.807) is 6.08 Å². The first-order chi connectivity index (χ1) is 11.7. The molecule has 2 aromatic rings. The molecule has 3 heteroatoms. The molecule has 0 saturated heterocycles. The number of hydrogen-bond donors (Lipinski definition) is 0. The lowest BCUT2D eigenvalue weighted by atomic mass is 10.1. The van der Waals surface area contributed by atoms with Crippen LogP contribution in [0.3, 0.4) is 0 Å². The first-order valence-electron chi connectivity index (χ1n) is 8.65. The molecule has 0 amide bonds. The molecule has 24 heavy (non-hydrogen) atoms. The molecule has 0 fully saturated rings. The Morgan fingerprint density at radius 1 is 1.00 bits per heavy atom. The number of carbonyl (C=O) groups is 1. The molecule has 0 saturated carbocycles. The van der Waals surface area contributed by atoms with Crippen LogP contribution >= 0.6 is 0 Å². The molecule has 2 rings (SSSR count). The van der Waals surface area contributed by atoms with Crippen LogP contribution in [0.4, 0.5) is 0 Å². The molecule has 0 aliphatic rings. The molecule has 0 N–H and O–H groups in total. The topological polar surface area (TPSA) is 35.5 Å². The van der Waals surface area contributed by atoms with Gasteiger partial charge in [-0.25, -0.2) is 4.79 Å². The summed E-state index contributed by atoms with van der Waals surface area (Å²) < 4.78 is 10.4. The SMILES string of the molecule is CCCCCCCOc1ccc2cc(C=CC(=O)OC)ccc2c1. The Morgan fingerprint density at radius 3 is 2.54 bits per heavy atom.